The van der Waals surface area contributed by atoms with E-state index in [0.29, 0.717) is 11.1 Å². The average Bonchev–Trinajstić information content (AvgIpc) is 2.54. The molecule has 3 rings (SSSR count). The summed E-state index contributed by atoms with van der Waals surface area (Å²) in [5.41, 5.74) is 5.36. The number of aryl methyl sites for hydroxylation is 2. The fraction of sp³-hybridized carbons (Fsp3) is 0.286. The molecule has 3 heteroatoms. The Labute approximate surface area is 142 Å². The molecule has 0 bridgehead atoms. The Hall–Kier alpha value is -2.55. The van der Waals surface area contributed by atoms with E-state index in [9.17, 15) is 5.21 Å². The smallest absolute Gasteiger partial charge is 0.137 e. The number of hydrogen-bond donors (Lipinski definition) is 1. The summed E-state index contributed by atoms with van der Waals surface area (Å²) in [5.74, 6) is 0.694. The molecule has 1 aromatic heterocycles. The highest BCUT2D eigenvalue weighted by Crippen LogP contribution is 2.27. The second-order valence-electron chi connectivity index (χ2n) is 7.36. The lowest BCUT2D eigenvalue weighted by Crippen LogP contribution is -2.10. The van der Waals surface area contributed by atoms with E-state index in [4.69, 9.17) is 4.42 Å². The van der Waals surface area contributed by atoms with Gasteiger partial charge in [0.05, 0.1) is 0 Å². The van der Waals surface area contributed by atoms with Gasteiger partial charge in [-0.3, -0.25) is 0 Å². The fourth-order valence-corrected chi connectivity index (χ4v) is 2.78. The first-order valence-electron chi connectivity index (χ1n) is 8.14. The summed E-state index contributed by atoms with van der Waals surface area (Å²) in [5, 5.41) is 14.2. The van der Waals surface area contributed by atoms with Crippen LogP contribution in [0.25, 0.3) is 22.3 Å². The zero-order valence-electron chi connectivity index (χ0n) is 14.8. The Morgan fingerprint density at radius 2 is 1.54 bits per heavy atom. The van der Waals surface area contributed by atoms with Crippen molar-refractivity contribution in [3.8, 4) is 11.3 Å². The van der Waals surface area contributed by atoms with Crippen molar-refractivity contribution in [2.75, 3.05) is 0 Å². The van der Waals surface area contributed by atoms with Crippen molar-refractivity contribution in [2.45, 2.75) is 40.0 Å². The van der Waals surface area contributed by atoms with Gasteiger partial charge in [0.1, 0.15) is 16.7 Å². The lowest BCUT2D eigenvalue weighted by Gasteiger charge is -2.19. The number of hydrogen-bond acceptors (Lipinski definition) is 3. The van der Waals surface area contributed by atoms with Crippen molar-refractivity contribution in [1.29, 1.82) is 0 Å². The minimum Gasteiger partial charge on any atom is -0.456 e. The van der Waals surface area contributed by atoms with Crippen LogP contribution in [0.1, 0.15) is 37.5 Å². The molecule has 0 atom stereocenters. The molecule has 0 aliphatic rings. The summed E-state index contributed by atoms with van der Waals surface area (Å²) in [7, 11) is 0. The van der Waals surface area contributed by atoms with Crippen LogP contribution in [-0.2, 0) is 5.41 Å². The molecule has 0 fully saturated rings. The van der Waals surface area contributed by atoms with E-state index in [0.717, 1.165) is 27.7 Å². The van der Waals surface area contributed by atoms with E-state index in [1.54, 1.807) is 6.07 Å². The van der Waals surface area contributed by atoms with Gasteiger partial charge in [-0.25, -0.2) is 0 Å². The monoisotopic (exact) mass is 321 g/mol. The van der Waals surface area contributed by atoms with E-state index in [-0.39, 0.29) is 5.41 Å². The molecular formula is C21H23NO2. The second-order valence-corrected chi connectivity index (χ2v) is 7.36. The second kappa shape index (κ2) is 5.82. The fourth-order valence-electron chi connectivity index (χ4n) is 2.78. The number of benzene rings is 2. The Morgan fingerprint density at radius 3 is 2.12 bits per heavy atom. The maximum absolute atomic E-state index is 9.40. The van der Waals surface area contributed by atoms with Crippen molar-refractivity contribution in [3.05, 3.63) is 64.5 Å². The van der Waals surface area contributed by atoms with Gasteiger partial charge >= 0.3 is 0 Å². The first kappa shape index (κ1) is 16.3. The third-order valence-corrected chi connectivity index (χ3v) is 4.50. The van der Waals surface area contributed by atoms with Crippen LogP contribution >= 0.6 is 0 Å². The Bertz CT molecular complexity index is 958. The highest BCUT2D eigenvalue weighted by atomic mass is 16.4. The molecule has 0 aliphatic heterocycles. The molecule has 0 amide bonds. The Balaban J connectivity index is 2.18. The Kier molecular flexibility index (Phi) is 3.96. The number of rotatable bonds is 1. The normalized spacial score (nSPS) is 12.8. The first-order valence-corrected chi connectivity index (χ1v) is 8.14. The number of nitrogens with zero attached hydrogens (tertiary/aromatic N) is 1. The molecule has 0 aliphatic carbocycles. The van der Waals surface area contributed by atoms with Crippen LogP contribution in [0, 0.1) is 13.8 Å². The van der Waals surface area contributed by atoms with Crippen molar-refractivity contribution in [3.63, 3.8) is 0 Å². The van der Waals surface area contributed by atoms with Crippen molar-refractivity contribution >= 4 is 11.0 Å². The van der Waals surface area contributed by atoms with Gasteiger partial charge in [0.25, 0.3) is 0 Å². The van der Waals surface area contributed by atoms with Crippen LogP contribution in [0.4, 0.5) is 0 Å². The zero-order chi connectivity index (χ0) is 17.5. The predicted molar refractivity (Wildman–Crippen MR) is 97.2 cm³/mol. The lowest BCUT2D eigenvalue weighted by molar-refractivity contribution is 0.302. The highest BCUT2D eigenvalue weighted by Gasteiger charge is 2.14. The molecule has 0 spiro atoms. The van der Waals surface area contributed by atoms with Gasteiger partial charge in [-0.1, -0.05) is 50.2 Å². The maximum atomic E-state index is 9.40. The molecule has 0 unspecified atom stereocenters. The molecular weight excluding hydrogens is 298 g/mol. The standard InChI is InChI=1S/C21H23NO2/c1-13-10-17-18(22-23)12-19(24-20(17)11-14(13)2)15-6-8-16(9-7-15)21(3,4)5/h6-12,23H,1-5H3/b22-18+. The predicted octanol–water partition coefficient (Wildman–Crippen LogP) is 5.30. The van der Waals surface area contributed by atoms with Gasteiger partial charge < -0.3 is 9.62 Å². The molecule has 0 radical (unpaired) electrons. The van der Waals surface area contributed by atoms with Crippen LogP contribution in [0.5, 0.6) is 0 Å². The number of fused-ring (bicyclic) bond motifs is 1. The molecule has 1 N–H and O–H groups in total. The molecule has 1 heterocycles. The van der Waals surface area contributed by atoms with Gasteiger partial charge in [0, 0.05) is 17.0 Å². The van der Waals surface area contributed by atoms with Crippen LogP contribution in [0.15, 0.2) is 52.0 Å². The Morgan fingerprint density at radius 1 is 0.917 bits per heavy atom. The van der Waals surface area contributed by atoms with Gasteiger partial charge in [-0.05, 0) is 48.1 Å². The maximum Gasteiger partial charge on any atom is 0.137 e. The summed E-state index contributed by atoms with van der Waals surface area (Å²) in [6, 6.07) is 14.1. The van der Waals surface area contributed by atoms with Gasteiger partial charge in [0.2, 0.25) is 0 Å². The van der Waals surface area contributed by atoms with Gasteiger partial charge in [0.15, 0.2) is 0 Å². The molecule has 124 valence electrons. The average molecular weight is 321 g/mol. The minimum atomic E-state index is 0.110. The summed E-state index contributed by atoms with van der Waals surface area (Å²) in [6.07, 6.45) is 0. The molecule has 3 nitrogen and oxygen atoms in total. The summed E-state index contributed by atoms with van der Waals surface area (Å²) >= 11 is 0. The van der Waals surface area contributed by atoms with Crippen LogP contribution < -0.4 is 5.36 Å². The SMILES string of the molecule is Cc1cc2oc(-c3ccc(C(C)(C)C)cc3)c/c(=N\O)c2cc1C. The van der Waals surface area contributed by atoms with E-state index in [1.807, 2.05) is 38.1 Å². The largest absolute Gasteiger partial charge is 0.456 e. The summed E-state index contributed by atoms with van der Waals surface area (Å²) in [4.78, 5) is 0. The zero-order valence-corrected chi connectivity index (χ0v) is 14.8. The molecule has 24 heavy (non-hydrogen) atoms. The van der Waals surface area contributed by atoms with Crippen molar-refractivity contribution < 1.29 is 9.62 Å². The molecule has 3 aromatic rings. The summed E-state index contributed by atoms with van der Waals surface area (Å²) < 4.78 is 6.08. The lowest BCUT2D eigenvalue weighted by atomic mass is 9.86. The van der Waals surface area contributed by atoms with Gasteiger partial charge in [-0.15, -0.1) is 0 Å². The van der Waals surface area contributed by atoms with E-state index in [1.165, 1.54) is 5.56 Å². The van der Waals surface area contributed by atoms with E-state index >= 15 is 0 Å². The van der Waals surface area contributed by atoms with Crippen LogP contribution in [0.3, 0.4) is 0 Å². The molecule has 0 saturated carbocycles. The highest BCUT2D eigenvalue weighted by molar-refractivity contribution is 5.80. The third kappa shape index (κ3) is 2.94. The topological polar surface area (TPSA) is 45.7 Å². The van der Waals surface area contributed by atoms with Crippen molar-refractivity contribution in [2.24, 2.45) is 5.16 Å². The van der Waals surface area contributed by atoms with E-state index < -0.39 is 0 Å². The third-order valence-electron chi connectivity index (χ3n) is 4.50. The van der Waals surface area contributed by atoms with E-state index in [2.05, 4.69) is 38.1 Å². The van der Waals surface area contributed by atoms with Crippen LogP contribution in [-0.4, -0.2) is 5.21 Å². The minimum absolute atomic E-state index is 0.110. The molecule has 2 aromatic carbocycles. The van der Waals surface area contributed by atoms with Gasteiger partial charge in [-0.2, -0.15) is 0 Å². The quantitative estimate of drug-likeness (QED) is 0.488. The van der Waals surface area contributed by atoms with Crippen molar-refractivity contribution in [1.82, 2.24) is 0 Å². The summed E-state index contributed by atoms with van der Waals surface area (Å²) in [6.45, 7) is 10.7. The molecule has 0 saturated heterocycles. The van der Waals surface area contributed by atoms with Crippen LogP contribution in [0.2, 0.25) is 0 Å². The first-order chi connectivity index (χ1) is 11.3.